The number of nitro benzene ring substituents is 1. The number of nitrogens with one attached hydrogen (secondary N) is 2. The summed E-state index contributed by atoms with van der Waals surface area (Å²) in [5.41, 5.74) is 2.30. The summed E-state index contributed by atoms with van der Waals surface area (Å²) >= 11 is 0. The number of nitro groups is 1. The Bertz CT molecular complexity index is 989. The van der Waals surface area contributed by atoms with Gasteiger partial charge in [-0.1, -0.05) is 24.3 Å². The number of hydrogen-bond acceptors (Lipinski definition) is 4. The Morgan fingerprint density at radius 1 is 1.00 bits per heavy atom. The van der Waals surface area contributed by atoms with Crippen LogP contribution in [0.5, 0.6) is 0 Å². The van der Waals surface area contributed by atoms with Crippen LogP contribution >= 0.6 is 0 Å². The van der Waals surface area contributed by atoms with Gasteiger partial charge < -0.3 is 10.6 Å². The third-order valence-electron chi connectivity index (χ3n) is 4.25. The molecule has 0 bridgehead atoms. The summed E-state index contributed by atoms with van der Waals surface area (Å²) in [5.74, 6) is -0.736. The van der Waals surface area contributed by atoms with Crippen LogP contribution in [0.4, 0.5) is 21.5 Å². The third-order valence-corrected chi connectivity index (χ3v) is 4.25. The Morgan fingerprint density at radius 3 is 2.29 bits per heavy atom. The van der Waals surface area contributed by atoms with E-state index in [2.05, 4.69) is 10.6 Å². The van der Waals surface area contributed by atoms with E-state index >= 15 is 0 Å². The lowest BCUT2D eigenvalue weighted by Crippen LogP contribution is -2.12. The highest BCUT2D eigenvalue weighted by atomic mass is 19.1. The van der Waals surface area contributed by atoms with Crippen LogP contribution in [0.3, 0.4) is 0 Å². The van der Waals surface area contributed by atoms with Gasteiger partial charge in [-0.15, -0.1) is 0 Å². The quantitative estimate of drug-likeness (QED) is 0.458. The van der Waals surface area contributed by atoms with Crippen molar-refractivity contribution in [1.29, 1.82) is 0 Å². The molecule has 1 amide bonds. The molecule has 0 aromatic heterocycles. The monoisotopic (exact) mass is 379 g/mol. The summed E-state index contributed by atoms with van der Waals surface area (Å²) in [6.45, 7) is 1.89. The van der Waals surface area contributed by atoms with Crippen LogP contribution < -0.4 is 10.6 Å². The zero-order valence-corrected chi connectivity index (χ0v) is 15.1. The predicted molar refractivity (Wildman–Crippen MR) is 106 cm³/mol. The first-order valence-electron chi connectivity index (χ1n) is 8.61. The Hall–Kier alpha value is -3.74. The van der Waals surface area contributed by atoms with Crippen molar-refractivity contribution in [2.45, 2.75) is 13.0 Å². The van der Waals surface area contributed by atoms with Crippen LogP contribution in [-0.2, 0) is 0 Å². The summed E-state index contributed by atoms with van der Waals surface area (Å²) in [6, 6.07) is 18.7. The molecule has 0 aliphatic carbocycles. The lowest BCUT2D eigenvalue weighted by atomic mass is 10.1. The zero-order chi connectivity index (χ0) is 20.1. The molecule has 7 heteroatoms. The van der Waals surface area contributed by atoms with E-state index in [4.69, 9.17) is 0 Å². The fourth-order valence-corrected chi connectivity index (χ4v) is 2.73. The van der Waals surface area contributed by atoms with E-state index in [9.17, 15) is 19.3 Å². The van der Waals surface area contributed by atoms with E-state index in [0.717, 1.165) is 5.56 Å². The number of hydrogen-bond donors (Lipinski definition) is 2. The maximum absolute atomic E-state index is 12.9. The van der Waals surface area contributed by atoms with Crippen molar-refractivity contribution in [3.8, 4) is 0 Å². The van der Waals surface area contributed by atoms with Crippen molar-refractivity contribution in [2.75, 3.05) is 10.6 Å². The molecule has 6 nitrogen and oxygen atoms in total. The maximum Gasteiger partial charge on any atom is 0.292 e. The number of nitrogens with zero attached hydrogens (tertiary/aromatic N) is 1. The fraction of sp³-hybridized carbons (Fsp3) is 0.0952. The van der Waals surface area contributed by atoms with Crippen molar-refractivity contribution in [2.24, 2.45) is 0 Å². The van der Waals surface area contributed by atoms with E-state index < -0.39 is 10.7 Å². The van der Waals surface area contributed by atoms with Gasteiger partial charge in [0.1, 0.15) is 11.5 Å². The number of amides is 1. The molecule has 28 heavy (non-hydrogen) atoms. The third kappa shape index (κ3) is 4.50. The fourth-order valence-electron chi connectivity index (χ4n) is 2.73. The van der Waals surface area contributed by atoms with Crippen LogP contribution in [0.25, 0.3) is 0 Å². The minimum atomic E-state index is -0.427. The minimum Gasteiger partial charge on any atom is -0.373 e. The second-order valence-corrected chi connectivity index (χ2v) is 6.22. The van der Waals surface area contributed by atoms with Gasteiger partial charge in [0, 0.05) is 23.4 Å². The summed E-state index contributed by atoms with van der Waals surface area (Å²) < 4.78 is 12.9. The number of para-hydroxylation sites is 2. The van der Waals surface area contributed by atoms with Crippen molar-refractivity contribution in [3.05, 3.63) is 99.9 Å². The van der Waals surface area contributed by atoms with Gasteiger partial charge in [-0.05, 0) is 55.0 Å². The first-order chi connectivity index (χ1) is 13.4. The normalized spacial score (nSPS) is 11.5. The first-order valence-corrected chi connectivity index (χ1v) is 8.61. The Morgan fingerprint density at radius 2 is 1.64 bits per heavy atom. The lowest BCUT2D eigenvalue weighted by molar-refractivity contribution is -0.384. The van der Waals surface area contributed by atoms with E-state index in [1.165, 1.54) is 30.3 Å². The molecule has 0 spiro atoms. The molecule has 3 rings (SSSR count). The van der Waals surface area contributed by atoms with Gasteiger partial charge in [-0.2, -0.15) is 0 Å². The standard InChI is InChI=1S/C21H18FN3O3/c1-14(23-19-4-2-3-5-20(19)25(27)28)15-8-12-18(13-9-15)24-21(26)16-6-10-17(22)11-7-16/h2-14,23H,1H3,(H,24,26). The van der Waals surface area contributed by atoms with E-state index in [0.29, 0.717) is 16.9 Å². The largest absolute Gasteiger partial charge is 0.373 e. The van der Waals surface area contributed by atoms with Gasteiger partial charge in [-0.25, -0.2) is 4.39 Å². The summed E-state index contributed by atoms with van der Waals surface area (Å²) in [7, 11) is 0. The van der Waals surface area contributed by atoms with Crippen molar-refractivity contribution in [1.82, 2.24) is 0 Å². The van der Waals surface area contributed by atoms with Gasteiger partial charge in [-0.3, -0.25) is 14.9 Å². The topological polar surface area (TPSA) is 84.3 Å². The second kappa shape index (κ2) is 8.30. The molecule has 142 valence electrons. The Balaban J connectivity index is 1.68. The van der Waals surface area contributed by atoms with Crippen LogP contribution in [0.1, 0.15) is 28.9 Å². The van der Waals surface area contributed by atoms with Crippen LogP contribution in [-0.4, -0.2) is 10.8 Å². The maximum atomic E-state index is 12.9. The number of benzene rings is 3. The van der Waals surface area contributed by atoms with E-state index in [1.807, 2.05) is 19.1 Å². The minimum absolute atomic E-state index is 0.0116. The molecule has 0 fully saturated rings. The van der Waals surface area contributed by atoms with Crippen molar-refractivity contribution < 1.29 is 14.1 Å². The average Bonchev–Trinajstić information content (AvgIpc) is 2.69. The first kappa shape index (κ1) is 19.0. The molecular weight excluding hydrogens is 361 g/mol. The van der Waals surface area contributed by atoms with Crippen molar-refractivity contribution >= 4 is 23.0 Å². The smallest absolute Gasteiger partial charge is 0.292 e. The van der Waals surface area contributed by atoms with Gasteiger partial charge >= 0.3 is 0 Å². The molecule has 0 saturated carbocycles. The van der Waals surface area contributed by atoms with Gasteiger partial charge in [0.25, 0.3) is 11.6 Å². The van der Waals surface area contributed by atoms with E-state index in [-0.39, 0.29) is 17.6 Å². The zero-order valence-electron chi connectivity index (χ0n) is 15.1. The molecule has 0 heterocycles. The van der Waals surface area contributed by atoms with Gasteiger partial charge in [0.2, 0.25) is 0 Å². The highest BCUT2D eigenvalue weighted by molar-refractivity contribution is 6.04. The second-order valence-electron chi connectivity index (χ2n) is 6.22. The molecule has 3 aromatic carbocycles. The van der Waals surface area contributed by atoms with Crippen LogP contribution in [0.15, 0.2) is 72.8 Å². The molecule has 0 saturated heterocycles. The molecule has 1 atom stereocenters. The predicted octanol–water partition coefficient (Wildman–Crippen LogP) is 5.16. The highest BCUT2D eigenvalue weighted by Crippen LogP contribution is 2.28. The molecule has 0 aliphatic rings. The number of anilines is 2. The SMILES string of the molecule is CC(Nc1ccccc1[N+](=O)[O-])c1ccc(NC(=O)c2ccc(F)cc2)cc1. The molecule has 0 radical (unpaired) electrons. The van der Waals surface area contributed by atoms with Gasteiger partial charge in [0.05, 0.1) is 4.92 Å². The number of rotatable bonds is 6. The van der Waals surface area contributed by atoms with Crippen LogP contribution in [0.2, 0.25) is 0 Å². The molecule has 2 N–H and O–H groups in total. The summed E-state index contributed by atoms with van der Waals surface area (Å²) in [6.07, 6.45) is 0. The van der Waals surface area contributed by atoms with Crippen molar-refractivity contribution in [3.63, 3.8) is 0 Å². The van der Waals surface area contributed by atoms with Gasteiger partial charge in [0.15, 0.2) is 0 Å². The Labute approximate surface area is 161 Å². The number of halogens is 1. The molecule has 3 aromatic rings. The average molecular weight is 379 g/mol. The van der Waals surface area contributed by atoms with E-state index in [1.54, 1.807) is 30.3 Å². The number of carbonyl (C=O) groups excluding carboxylic acids is 1. The molecule has 1 unspecified atom stereocenters. The number of carbonyl (C=O) groups is 1. The molecular formula is C21H18FN3O3. The highest BCUT2D eigenvalue weighted by Gasteiger charge is 2.15. The molecule has 0 aliphatic heterocycles. The lowest BCUT2D eigenvalue weighted by Gasteiger charge is -2.16. The van der Waals surface area contributed by atoms with Crippen LogP contribution in [0, 0.1) is 15.9 Å². The summed E-state index contributed by atoms with van der Waals surface area (Å²) in [5, 5.41) is 17.0. The Kier molecular flexibility index (Phi) is 5.64. The summed E-state index contributed by atoms with van der Waals surface area (Å²) in [4.78, 5) is 22.9.